The molecular formula is C38H52O6. The van der Waals surface area contributed by atoms with Crippen LogP contribution >= 0.6 is 0 Å². The van der Waals surface area contributed by atoms with E-state index >= 15 is 0 Å². The molecule has 6 nitrogen and oxygen atoms in total. The first-order valence-corrected chi connectivity index (χ1v) is 16.8. The summed E-state index contributed by atoms with van der Waals surface area (Å²) in [7, 11) is 1.49. The van der Waals surface area contributed by atoms with Crippen molar-refractivity contribution in [3.8, 4) is 5.75 Å². The maximum atomic E-state index is 14.7. The van der Waals surface area contributed by atoms with Crippen molar-refractivity contribution in [3.05, 3.63) is 41.5 Å². The van der Waals surface area contributed by atoms with Gasteiger partial charge in [0, 0.05) is 11.3 Å². The number of carboxylic acid groups (broad SMARTS) is 1. The summed E-state index contributed by atoms with van der Waals surface area (Å²) in [4.78, 5) is 39.6. The Labute approximate surface area is 263 Å². The van der Waals surface area contributed by atoms with Gasteiger partial charge in [-0.1, -0.05) is 59.2 Å². The van der Waals surface area contributed by atoms with Gasteiger partial charge in [0.15, 0.2) is 5.78 Å². The molecule has 44 heavy (non-hydrogen) atoms. The van der Waals surface area contributed by atoms with Crippen molar-refractivity contribution in [3.63, 3.8) is 0 Å². The van der Waals surface area contributed by atoms with E-state index < -0.39 is 11.4 Å². The van der Waals surface area contributed by atoms with Gasteiger partial charge in [0.05, 0.1) is 12.5 Å². The number of ether oxygens (including phenoxy) is 2. The number of methoxy groups -OCH3 is 1. The summed E-state index contributed by atoms with van der Waals surface area (Å²) in [6.45, 7) is 16.2. The smallest absolute Gasteiger partial charge is 0.339 e. The summed E-state index contributed by atoms with van der Waals surface area (Å²) in [6, 6.07) is 6.92. The summed E-state index contributed by atoms with van der Waals surface area (Å²) in [6.07, 6.45) is 10.3. The van der Waals surface area contributed by atoms with Crippen LogP contribution in [0, 0.1) is 50.2 Å². The highest BCUT2D eigenvalue weighted by atomic mass is 16.5. The van der Waals surface area contributed by atoms with Crippen LogP contribution in [-0.4, -0.2) is 36.0 Å². The Morgan fingerprint density at radius 1 is 0.886 bits per heavy atom. The molecule has 0 saturated heterocycles. The van der Waals surface area contributed by atoms with Gasteiger partial charge in [-0.05, 0) is 116 Å². The lowest BCUT2D eigenvalue weighted by molar-refractivity contribution is -0.199. The minimum absolute atomic E-state index is 0.0889. The molecule has 1 N–H and O–H groups in total. The number of ketones is 1. The molecule has 4 saturated carbocycles. The minimum atomic E-state index is -0.982. The van der Waals surface area contributed by atoms with E-state index in [9.17, 15) is 19.5 Å². The first-order valence-electron chi connectivity index (χ1n) is 16.8. The fourth-order valence-corrected chi connectivity index (χ4v) is 11.7. The highest BCUT2D eigenvalue weighted by molar-refractivity contribution is 5.96. The van der Waals surface area contributed by atoms with Crippen molar-refractivity contribution in [1.29, 1.82) is 0 Å². The van der Waals surface area contributed by atoms with Crippen molar-refractivity contribution in [2.75, 3.05) is 7.11 Å². The van der Waals surface area contributed by atoms with Crippen LogP contribution < -0.4 is 4.74 Å². The summed E-state index contributed by atoms with van der Waals surface area (Å²) >= 11 is 0. The second kappa shape index (κ2) is 9.93. The molecule has 6 rings (SSSR count). The Morgan fingerprint density at radius 2 is 1.57 bits per heavy atom. The average Bonchev–Trinajstić information content (AvgIpc) is 2.96. The van der Waals surface area contributed by atoms with Gasteiger partial charge in [0.25, 0.3) is 0 Å². The Morgan fingerprint density at radius 3 is 2.25 bits per heavy atom. The first kappa shape index (κ1) is 31.4. The first-order chi connectivity index (χ1) is 20.5. The molecule has 6 heteroatoms. The third kappa shape index (κ3) is 4.14. The number of allylic oxidation sites excluding steroid dienone is 2. The van der Waals surface area contributed by atoms with Crippen LogP contribution in [0.25, 0.3) is 0 Å². The monoisotopic (exact) mass is 604 g/mol. The molecule has 0 heterocycles. The van der Waals surface area contributed by atoms with Crippen molar-refractivity contribution >= 4 is 17.7 Å². The quantitative estimate of drug-likeness (QED) is 0.348. The van der Waals surface area contributed by atoms with Crippen molar-refractivity contribution < 1.29 is 29.0 Å². The molecule has 1 aromatic carbocycles. The predicted octanol–water partition coefficient (Wildman–Crippen LogP) is 8.29. The maximum absolute atomic E-state index is 14.7. The largest absolute Gasteiger partial charge is 0.489 e. The number of fused-ring (bicyclic) bond motifs is 7. The Kier molecular flexibility index (Phi) is 7.08. The number of rotatable bonds is 4. The van der Waals surface area contributed by atoms with Gasteiger partial charge in [0.1, 0.15) is 17.4 Å². The fourth-order valence-electron chi connectivity index (χ4n) is 11.7. The van der Waals surface area contributed by atoms with E-state index in [1.165, 1.54) is 12.7 Å². The van der Waals surface area contributed by atoms with E-state index in [-0.39, 0.29) is 68.2 Å². The van der Waals surface area contributed by atoms with Crippen molar-refractivity contribution in [1.82, 2.24) is 0 Å². The Bertz CT molecular complexity index is 1430. The van der Waals surface area contributed by atoms with Gasteiger partial charge in [0.2, 0.25) is 0 Å². The maximum Gasteiger partial charge on any atom is 0.339 e. The highest BCUT2D eigenvalue weighted by Gasteiger charge is 2.70. The molecule has 5 aliphatic carbocycles. The van der Waals surface area contributed by atoms with Crippen LogP contribution in [0.5, 0.6) is 5.75 Å². The van der Waals surface area contributed by atoms with E-state index in [0.29, 0.717) is 5.75 Å². The lowest BCUT2D eigenvalue weighted by Gasteiger charge is -2.70. The predicted molar refractivity (Wildman–Crippen MR) is 169 cm³/mol. The summed E-state index contributed by atoms with van der Waals surface area (Å²) < 4.78 is 11.8. The number of carbonyl (C=O) groups excluding carboxylic acids is 2. The molecule has 0 radical (unpaired) electrons. The van der Waals surface area contributed by atoms with Gasteiger partial charge < -0.3 is 14.6 Å². The topological polar surface area (TPSA) is 89.9 Å². The molecule has 4 fully saturated rings. The number of carboxylic acids is 1. The number of para-hydroxylation sites is 1. The normalized spacial score (nSPS) is 44.2. The molecule has 5 aliphatic rings. The van der Waals surface area contributed by atoms with E-state index in [1.54, 1.807) is 18.2 Å². The zero-order chi connectivity index (χ0) is 32.1. The van der Waals surface area contributed by atoms with E-state index in [4.69, 9.17) is 9.47 Å². The number of esters is 1. The molecule has 0 aliphatic heterocycles. The molecule has 0 aromatic heterocycles. The third-order valence-corrected chi connectivity index (χ3v) is 14.6. The molecular weight excluding hydrogens is 552 g/mol. The van der Waals surface area contributed by atoms with Gasteiger partial charge in [-0.2, -0.15) is 0 Å². The van der Waals surface area contributed by atoms with Gasteiger partial charge in [-0.3, -0.25) is 9.59 Å². The number of hydrogen-bond donors (Lipinski definition) is 1. The van der Waals surface area contributed by atoms with Crippen LogP contribution in [0.3, 0.4) is 0 Å². The zero-order valence-corrected chi connectivity index (χ0v) is 28.0. The molecule has 0 unspecified atom stereocenters. The highest BCUT2D eigenvalue weighted by Crippen LogP contribution is 2.75. The summed E-state index contributed by atoms with van der Waals surface area (Å²) in [5.74, 6) is -0.0443. The second-order valence-electron chi connectivity index (χ2n) is 17.0. The molecule has 0 bridgehead atoms. The number of benzene rings is 1. The summed E-state index contributed by atoms with van der Waals surface area (Å²) in [5.41, 5.74) is 0.317. The van der Waals surface area contributed by atoms with Crippen molar-refractivity contribution in [2.24, 2.45) is 50.2 Å². The lowest BCUT2D eigenvalue weighted by atomic mass is 9.33. The zero-order valence-electron chi connectivity index (χ0n) is 28.0. The minimum Gasteiger partial charge on any atom is -0.489 e. The molecule has 9 atom stereocenters. The SMILES string of the molecule is COC(=O)[C@@]1(C)CC[C@]2(C)CC[C@]3(C)C(=CC(=O)[C@@H]4[C@@]5(C)CC[C@@H](Oc6ccccc6C(=O)O)C(C)(C)[C@H]5CC[C@]43C)[C@H]2C1. The van der Waals surface area contributed by atoms with Gasteiger partial charge in [-0.25, -0.2) is 4.79 Å². The van der Waals surface area contributed by atoms with Crippen molar-refractivity contribution in [2.45, 2.75) is 112 Å². The van der Waals surface area contributed by atoms with Gasteiger partial charge >= 0.3 is 11.9 Å². The fraction of sp³-hybridized carbons (Fsp3) is 0.711. The standard InChI is InChI=1S/C38H52O6/c1-33(2)28-13-16-38(7)30(36(28,5)15-14-29(33)44-27-12-10-9-11-23(27)31(40)41)26(39)21-24-25-22-35(4,32(42)43-8)18-17-34(25,3)19-20-37(24,38)6/h9-12,21,25,28-30H,13-20,22H2,1-8H3,(H,40,41)/t25-,28-,29-,30-,34-,35+,36+,37-,38-/m1/s1. The Hall–Kier alpha value is -2.63. The third-order valence-electron chi connectivity index (χ3n) is 14.6. The number of carbonyl (C=O) groups is 3. The van der Waals surface area contributed by atoms with Crippen LogP contribution in [0.1, 0.15) is 117 Å². The van der Waals surface area contributed by atoms with Gasteiger partial charge in [-0.15, -0.1) is 0 Å². The number of hydrogen-bond acceptors (Lipinski definition) is 5. The average molecular weight is 605 g/mol. The summed E-state index contributed by atoms with van der Waals surface area (Å²) in [5, 5.41) is 9.77. The van der Waals surface area contributed by atoms with Crippen LogP contribution in [0.15, 0.2) is 35.9 Å². The van der Waals surface area contributed by atoms with E-state index in [2.05, 4.69) is 54.5 Å². The second-order valence-corrected chi connectivity index (χ2v) is 17.0. The molecule has 1 aromatic rings. The lowest BCUT2D eigenvalue weighted by Crippen LogP contribution is -2.67. The molecule has 0 spiro atoms. The van der Waals surface area contributed by atoms with Crippen LogP contribution in [0.2, 0.25) is 0 Å². The Balaban J connectivity index is 1.36. The van der Waals surface area contributed by atoms with E-state index in [0.717, 1.165) is 57.8 Å². The van der Waals surface area contributed by atoms with Crippen LogP contribution in [-0.2, 0) is 14.3 Å². The van der Waals surface area contributed by atoms with Crippen LogP contribution in [0.4, 0.5) is 0 Å². The number of aromatic carboxylic acids is 1. The molecule has 240 valence electrons. The van der Waals surface area contributed by atoms with E-state index in [1.807, 2.05) is 6.07 Å². The molecule has 0 amide bonds.